The van der Waals surface area contributed by atoms with E-state index in [1.165, 1.54) is 11.3 Å². The molecule has 154 valence electrons. The molecule has 6 nitrogen and oxygen atoms in total. The number of aromatic nitrogens is 3. The van der Waals surface area contributed by atoms with Gasteiger partial charge in [-0.3, -0.25) is 10.1 Å². The van der Waals surface area contributed by atoms with E-state index in [1.807, 2.05) is 42.9 Å². The van der Waals surface area contributed by atoms with Crippen LogP contribution in [0.4, 0.5) is 5.13 Å². The molecule has 0 atom stereocenters. The van der Waals surface area contributed by atoms with Crippen molar-refractivity contribution in [3.8, 4) is 0 Å². The maximum atomic E-state index is 12.5. The maximum absolute atomic E-state index is 12.5. The summed E-state index contributed by atoms with van der Waals surface area (Å²) in [6, 6.07) is 9.49. The number of imidazole rings is 1. The van der Waals surface area contributed by atoms with Crippen LogP contribution in [0.1, 0.15) is 32.3 Å². The summed E-state index contributed by atoms with van der Waals surface area (Å²) in [7, 11) is 1.94. The van der Waals surface area contributed by atoms with Gasteiger partial charge in [-0.2, -0.15) is 0 Å². The summed E-state index contributed by atoms with van der Waals surface area (Å²) in [6.07, 6.45) is 6.12. The molecule has 9 heteroatoms. The van der Waals surface area contributed by atoms with Gasteiger partial charge in [0.05, 0.1) is 5.75 Å². The standard InChI is InChI=1S/C21H19ClN4O2S2/c1-13-3-4-14(10-17(13)22)9-16-11-24-20(30-16)25-19(27)18-6-5-15(28-18)12-29-21-23-7-8-26(21)2/h3-8,10-11H,9,12H2,1-2H3,(H,24,25,27). The molecule has 0 aliphatic rings. The number of amides is 1. The number of anilines is 1. The van der Waals surface area contributed by atoms with Gasteiger partial charge < -0.3 is 8.98 Å². The van der Waals surface area contributed by atoms with Crippen LogP contribution in [0.25, 0.3) is 0 Å². The zero-order valence-electron chi connectivity index (χ0n) is 16.4. The van der Waals surface area contributed by atoms with Crippen molar-refractivity contribution >= 4 is 45.7 Å². The lowest BCUT2D eigenvalue weighted by Gasteiger charge is -2.02. The normalized spacial score (nSPS) is 11.0. The molecule has 0 radical (unpaired) electrons. The van der Waals surface area contributed by atoms with E-state index in [2.05, 4.69) is 15.3 Å². The second-order valence-electron chi connectivity index (χ2n) is 6.72. The van der Waals surface area contributed by atoms with Crippen molar-refractivity contribution < 1.29 is 9.21 Å². The van der Waals surface area contributed by atoms with Crippen LogP contribution in [0.3, 0.4) is 0 Å². The van der Waals surface area contributed by atoms with Crippen LogP contribution in [0.5, 0.6) is 0 Å². The van der Waals surface area contributed by atoms with Gasteiger partial charge in [0.15, 0.2) is 16.0 Å². The Kier molecular flexibility index (Phi) is 6.26. The molecule has 1 aromatic carbocycles. The number of halogens is 1. The van der Waals surface area contributed by atoms with E-state index in [1.54, 1.807) is 36.3 Å². The third-order valence-electron chi connectivity index (χ3n) is 4.39. The van der Waals surface area contributed by atoms with Gasteiger partial charge >= 0.3 is 0 Å². The average Bonchev–Trinajstić information content (AvgIpc) is 3.45. The van der Waals surface area contributed by atoms with Gasteiger partial charge in [-0.05, 0) is 36.2 Å². The number of carbonyl (C=O) groups excluding carboxylic acids is 1. The molecule has 30 heavy (non-hydrogen) atoms. The first-order chi connectivity index (χ1) is 14.5. The first kappa shape index (κ1) is 20.7. The third-order valence-corrected chi connectivity index (χ3v) is 6.79. The van der Waals surface area contributed by atoms with Gasteiger partial charge in [0.2, 0.25) is 0 Å². The fraction of sp³-hybridized carbons (Fsp3) is 0.190. The van der Waals surface area contributed by atoms with Crippen molar-refractivity contribution in [1.29, 1.82) is 0 Å². The summed E-state index contributed by atoms with van der Waals surface area (Å²) in [4.78, 5) is 22.1. The minimum atomic E-state index is -0.317. The molecular weight excluding hydrogens is 440 g/mol. The lowest BCUT2D eigenvalue weighted by molar-refractivity contribution is 0.0995. The summed E-state index contributed by atoms with van der Waals surface area (Å²) >= 11 is 9.18. The molecule has 4 rings (SSSR count). The molecule has 1 N–H and O–H groups in total. The predicted octanol–water partition coefficient (Wildman–Crippen LogP) is 5.57. The van der Waals surface area contributed by atoms with E-state index in [9.17, 15) is 4.79 Å². The van der Waals surface area contributed by atoms with Crippen molar-refractivity contribution in [2.45, 2.75) is 24.3 Å². The first-order valence-corrected chi connectivity index (χ1v) is 11.4. The van der Waals surface area contributed by atoms with Crippen LogP contribution >= 0.6 is 34.7 Å². The van der Waals surface area contributed by atoms with Gasteiger partial charge in [-0.15, -0.1) is 11.3 Å². The van der Waals surface area contributed by atoms with Gasteiger partial charge in [0, 0.05) is 42.0 Å². The summed E-state index contributed by atoms with van der Waals surface area (Å²) in [5.74, 6) is 1.25. The van der Waals surface area contributed by atoms with Crippen LogP contribution in [0.15, 0.2) is 58.5 Å². The summed E-state index contributed by atoms with van der Waals surface area (Å²) in [6.45, 7) is 1.98. The lowest BCUT2D eigenvalue weighted by atomic mass is 10.1. The highest BCUT2D eigenvalue weighted by Gasteiger charge is 2.14. The van der Waals surface area contributed by atoms with Crippen LogP contribution in [-0.2, 0) is 19.2 Å². The smallest absolute Gasteiger partial charge is 0.293 e. The van der Waals surface area contributed by atoms with Gasteiger partial charge in [0.25, 0.3) is 5.91 Å². The van der Waals surface area contributed by atoms with E-state index >= 15 is 0 Å². The largest absolute Gasteiger partial charge is 0.455 e. The Morgan fingerprint density at radius 3 is 2.93 bits per heavy atom. The number of rotatable bonds is 7. The molecule has 0 aliphatic heterocycles. The van der Waals surface area contributed by atoms with Crippen molar-refractivity contribution in [3.05, 3.63) is 81.5 Å². The Hall–Kier alpha value is -2.55. The molecule has 0 saturated heterocycles. The summed E-state index contributed by atoms with van der Waals surface area (Å²) < 4.78 is 7.61. The molecule has 4 aromatic rings. The maximum Gasteiger partial charge on any atom is 0.293 e. The molecule has 0 saturated carbocycles. The van der Waals surface area contributed by atoms with Gasteiger partial charge in [0.1, 0.15) is 5.76 Å². The number of hydrogen-bond donors (Lipinski definition) is 1. The fourth-order valence-corrected chi connectivity index (χ4v) is 4.63. The van der Waals surface area contributed by atoms with Crippen molar-refractivity contribution in [2.24, 2.45) is 7.05 Å². The number of furan rings is 1. The molecule has 0 aliphatic carbocycles. The Morgan fingerprint density at radius 1 is 1.30 bits per heavy atom. The number of aryl methyl sites for hydroxylation is 2. The fourth-order valence-electron chi connectivity index (χ4n) is 2.76. The molecule has 0 bridgehead atoms. The number of hydrogen-bond acceptors (Lipinski definition) is 6. The minimum Gasteiger partial charge on any atom is -0.455 e. The van der Waals surface area contributed by atoms with Crippen LogP contribution in [-0.4, -0.2) is 20.4 Å². The third kappa shape index (κ3) is 4.95. The molecule has 0 spiro atoms. The van der Waals surface area contributed by atoms with E-state index < -0.39 is 0 Å². The molecule has 1 amide bonds. The predicted molar refractivity (Wildman–Crippen MR) is 121 cm³/mol. The van der Waals surface area contributed by atoms with Crippen molar-refractivity contribution in [3.63, 3.8) is 0 Å². The zero-order chi connectivity index (χ0) is 21.1. The second-order valence-corrected chi connectivity index (χ2v) is 9.19. The lowest BCUT2D eigenvalue weighted by Crippen LogP contribution is -2.10. The van der Waals surface area contributed by atoms with Crippen LogP contribution in [0, 0.1) is 6.92 Å². The number of thioether (sulfide) groups is 1. The molecule has 0 fully saturated rings. The molecule has 3 aromatic heterocycles. The number of thiazole rings is 1. The average molecular weight is 459 g/mol. The Morgan fingerprint density at radius 2 is 2.17 bits per heavy atom. The van der Waals surface area contributed by atoms with Crippen LogP contribution in [0.2, 0.25) is 5.02 Å². The number of nitrogens with zero attached hydrogens (tertiary/aromatic N) is 3. The van der Waals surface area contributed by atoms with Gasteiger partial charge in [-0.1, -0.05) is 35.5 Å². The minimum absolute atomic E-state index is 0.257. The van der Waals surface area contributed by atoms with Crippen molar-refractivity contribution in [1.82, 2.24) is 14.5 Å². The Bertz CT molecular complexity index is 1180. The summed E-state index contributed by atoms with van der Waals surface area (Å²) in [5, 5.41) is 4.98. The molecular formula is C21H19ClN4O2S2. The summed E-state index contributed by atoms with van der Waals surface area (Å²) in [5.41, 5.74) is 2.15. The zero-order valence-corrected chi connectivity index (χ0v) is 18.8. The highest BCUT2D eigenvalue weighted by Crippen LogP contribution is 2.25. The quantitative estimate of drug-likeness (QED) is 0.366. The number of nitrogens with one attached hydrogen (secondary N) is 1. The van der Waals surface area contributed by atoms with Crippen LogP contribution < -0.4 is 5.32 Å². The monoisotopic (exact) mass is 458 g/mol. The van der Waals surface area contributed by atoms with E-state index in [-0.39, 0.29) is 11.7 Å². The molecule has 0 unspecified atom stereocenters. The first-order valence-electron chi connectivity index (χ1n) is 9.18. The SMILES string of the molecule is Cc1ccc(Cc2cnc(NC(=O)c3ccc(CSc4nccn4C)o3)s2)cc1Cl. The van der Waals surface area contributed by atoms with E-state index in [0.29, 0.717) is 23.1 Å². The van der Waals surface area contributed by atoms with E-state index in [0.717, 1.165) is 26.2 Å². The Balaban J connectivity index is 1.34. The second kappa shape index (κ2) is 9.07. The number of benzene rings is 1. The topological polar surface area (TPSA) is 73.0 Å². The number of carbonyl (C=O) groups is 1. The Labute approximate surface area is 187 Å². The van der Waals surface area contributed by atoms with E-state index in [4.69, 9.17) is 16.0 Å². The van der Waals surface area contributed by atoms with Crippen molar-refractivity contribution in [2.75, 3.05) is 5.32 Å². The highest BCUT2D eigenvalue weighted by atomic mass is 35.5. The van der Waals surface area contributed by atoms with Gasteiger partial charge in [-0.25, -0.2) is 9.97 Å². The highest BCUT2D eigenvalue weighted by molar-refractivity contribution is 7.98. The molecule has 3 heterocycles.